The van der Waals surface area contributed by atoms with E-state index in [0.717, 1.165) is 23.7 Å². The molecular weight excluding hydrogens is 250 g/mol. The number of fused-ring (bicyclic) bond motifs is 1. The molecule has 5 nitrogen and oxygen atoms in total. The Labute approximate surface area is 117 Å². The van der Waals surface area contributed by atoms with Gasteiger partial charge in [0.15, 0.2) is 5.65 Å². The molecule has 2 aromatic heterocycles. The van der Waals surface area contributed by atoms with Gasteiger partial charge in [-0.1, -0.05) is 24.3 Å². The zero-order valence-electron chi connectivity index (χ0n) is 11.4. The van der Waals surface area contributed by atoms with Gasteiger partial charge in [-0.05, 0) is 30.2 Å². The highest BCUT2D eigenvalue weighted by molar-refractivity contribution is 5.45. The van der Waals surface area contributed by atoms with Crippen molar-refractivity contribution in [2.45, 2.75) is 20.0 Å². The van der Waals surface area contributed by atoms with E-state index in [1.54, 1.807) is 4.52 Å². The molecule has 0 aliphatic heterocycles. The Hall–Kier alpha value is -2.40. The molecule has 0 atom stereocenters. The minimum atomic E-state index is 0.426. The highest BCUT2D eigenvalue weighted by Crippen LogP contribution is 2.11. The van der Waals surface area contributed by atoms with Gasteiger partial charge in [0, 0.05) is 13.1 Å². The standard InChI is InChI=1S/C15H17N5/c1-11-4-2-3-5-12(11)9-17-14-6-7-15-18-13(8-16)10-20(15)19-14/h2-7,10H,8-9,16H2,1H3,(H,17,19). The lowest BCUT2D eigenvalue weighted by Crippen LogP contribution is -2.04. The van der Waals surface area contributed by atoms with E-state index in [2.05, 4.69) is 34.5 Å². The number of hydrogen-bond acceptors (Lipinski definition) is 4. The van der Waals surface area contributed by atoms with Crippen molar-refractivity contribution in [1.82, 2.24) is 14.6 Å². The van der Waals surface area contributed by atoms with Crippen LogP contribution in [0.4, 0.5) is 5.82 Å². The number of nitrogens with zero attached hydrogens (tertiary/aromatic N) is 3. The summed E-state index contributed by atoms with van der Waals surface area (Å²) in [6.07, 6.45) is 1.86. The first kappa shape index (κ1) is 12.6. The Morgan fingerprint density at radius 3 is 2.85 bits per heavy atom. The van der Waals surface area contributed by atoms with Crippen LogP contribution in [-0.4, -0.2) is 14.6 Å². The maximum absolute atomic E-state index is 5.58. The number of aryl methyl sites for hydroxylation is 1. The molecule has 3 rings (SSSR count). The van der Waals surface area contributed by atoms with Crippen molar-refractivity contribution in [2.75, 3.05) is 5.32 Å². The summed E-state index contributed by atoms with van der Waals surface area (Å²) in [5.74, 6) is 0.821. The molecular formula is C15H17N5. The Balaban J connectivity index is 1.79. The maximum atomic E-state index is 5.58. The molecule has 0 radical (unpaired) electrons. The largest absolute Gasteiger partial charge is 0.365 e. The first-order valence-corrected chi connectivity index (χ1v) is 6.60. The molecule has 0 aliphatic rings. The lowest BCUT2D eigenvalue weighted by Gasteiger charge is -2.08. The number of anilines is 1. The number of aromatic nitrogens is 3. The minimum Gasteiger partial charge on any atom is -0.365 e. The van der Waals surface area contributed by atoms with Crippen molar-refractivity contribution in [3.05, 3.63) is 59.4 Å². The van der Waals surface area contributed by atoms with Gasteiger partial charge in [0.2, 0.25) is 0 Å². The van der Waals surface area contributed by atoms with Crippen molar-refractivity contribution in [3.63, 3.8) is 0 Å². The summed E-state index contributed by atoms with van der Waals surface area (Å²) in [5.41, 5.74) is 9.78. The average molecular weight is 267 g/mol. The van der Waals surface area contributed by atoms with Gasteiger partial charge in [0.25, 0.3) is 0 Å². The Morgan fingerprint density at radius 2 is 2.05 bits per heavy atom. The fourth-order valence-electron chi connectivity index (χ4n) is 2.12. The molecule has 0 aliphatic carbocycles. The molecule has 0 spiro atoms. The number of nitrogens with one attached hydrogen (secondary N) is 1. The van der Waals surface area contributed by atoms with Crippen molar-refractivity contribution < 1.29 is 0 Å². The smallest absolute Gasteiger partial charge is 0.153 e. The monoisotopic (exact) mass is 267 g/mol. The fourth-order valence-corrected chi connectivity index (χ4v) is 2.12. The molecule has 0 saturated heterocycles. The van der Waals surface area contributed by atoms with Crippen molar-refractivity contribution in [2.24, 2.45) is 5.73 Å². The van der Waals surface area contributed by atoms with Gasteiger partial charge in [0.1, 0.15) is 5.82 Å². The number of benzene rings is 1. The summed E-state index contributed by atoms with van der Waals surface area (Å²) in [4.78, 5) is 4.35. The van der Waals surface area contributed by atoms with E-state index in [9.17, 15) is 0 Å². The number of nitrogens with two attached hydrogens (primary N) is 1. The van der Waals surface area contributed by atoms with Gasteiger partial charge in [-0.25, -0.2) is 9.50 Å². The van der Waals surface area contributed by atoms with Crippen molar-refractivity contribution in [3.8, 4) is 0 Å². The van der Waals surface area contributed by atoms with Crippen LogP contribution in [0.25, 0.3) is 5.65 Å². The fraction of sp³-hybridized carbons (Fsp3) is 0.200. The first-order chi connectivity index (χ1) is 9.76. The summed E-state index contributed by atoms with van der Waals surface area (Å²) in [7, 11) is 0. The number of imidazole rings is 1. The van der Waals surface area contributed by atoms with Crippen LogP contribution in [0.1, 0.15) is 16.8 Å². The first-order valence-electron chi connectivity index (χ1n) is 6.60. The van der Waals surface area contributed by atoms with Crippen LogP contribution in [0.3, 0.4) is 0 Å². The van der Waals surface area contributed by atoms with E-state index in [4.69, 9.17) is 5.73 Å². The molecule has 5 heteroatoms. The molecule has 3 aromatic rings. The van der Waals surface area contributed by atoms with Crippen LogP contribution in [0, 0.1) is 6.92 Å². The Kier molecular flexibility index (Phi) is 3.35. The van der Waals surface area contributed by atoms with Crippen LogP contribution < -0.4 is 11.1 Å². The van der Waals surface area contributed by atoms with Crippen molar-refractivity contribution >= 4 is 11.5 Å². The van der Waals surface area contributed by atoms with E-state index in [-0.39, 0.29) is 0 Å². The third-order valence-electron chi connectivity index (χ3n) is 3.30. The average Bonchev–Trinajstić information content (AvgIpc) is 2.88. The van der Waals surface area contributed by atoms with Crippen LogP contribution in [-0.2, 0) is 13.1 Å². The summed E-state index contributed by atoms with van der Waals surface area (Å²) in [6, 6.07) is 12.2. The summed E-state index contributed by atoms with van der Waals surface area (Å²) >= 11 is 0. The SMILES string of the molecule is Cc1ccccc1CNc1ccc2nc(CN)cn2n1. The second-order valence-corrected chi connectivity index (χ2v) is 4.74. The van der Waals surface area contributed by atoms with Crippen LogP contribution in [0.2, 0.25) is 0 Å². The molecule has 20 heavy (non-hydrogen) atoms. The van der Waals surface area contributed by atoms with Crippen LogP contribution >= 0.6 is 0 Å². The second-order valence-electron chi connectivity index (χ2n) is 4.74. The molecule has 1 aromatic carbocycles. The topological polar surface area (TPSA) is 68.2 Å². The third kappa shape index (κ3) is 2.48. The van der Waals surface area contributed by atoms with Gasteiger partial charge in [-0.3, -0.25) is 0 Å². The van der Waals surface area contributed by atoms with E-state index in [1.807, 2.05) is 30.5 Å². The number of rotatable bonds is 4. The quantitative estimate of drug-likeness (QED) is 0.759. The molecule has 0 amide bonds. The van der Waals surface area contributed by atoms with Crippen LogP contribution in [0.15, 0.2) is 42.6 Å². The van der Waals surface area contributed by atoms with Crippen molar-refractivity contribution in [1.29, 1.82) is 0 Å². The summed E-state index contributed by atoms with van der Waals surface area (Å²) < 4.78 is 1.75. The molecule has 102 valence electrons. The lowest BCUT2D eigenvalue weighted by atomic mass is 10.1. The minimum absolute atomic E-state index is 0.426. The summed E-state index contributed by atoms with van der Waals surface area (Å²) in [5, 5.41) is 7.81. The van der Waals surface area contributed by atoms with E-state index >= 15 is 0 Å². The van der Waals surface area contributed by atoms with E-state index in [1.165, 1.54) is 11.1 Å². The normalized spacial score (nSPS) is 10.9. The molecule has 3 N–H and O–H groups in total. The lowest BCUT2D eigenvalue weighted by molar-refractivity contribution is 0.918. The number of hydrogen-bond donors (Lipinski definition) is 2. The van der Waals surface area contributed by atoms with E-state index in [0.29, 0.717) is 6.54 Å². The highest BCUT2D eigenvalue weighted by Gasteiger charge is 2.03. The third-order valence-corrected chi connectivity index (χ3v) is 3.30. The molecule has 0 saturated carbocycles. The van der Waals surface area contributed by atoms with Gasteiger partial charge >= 0.3 is 0 Å². The second kappa shape index (κ2) is 5.30. The van der Waals surface area contributed by atoms with Gasteiger partial charge in [0.05, 0.1) is 11.9 Å². The van der Waals surface area contributed by atoms with Gasteiger partial charge in [-0.2, -0.15) is 0 Å². The molecule has 0 bridgehead atoms. The molecule has 0 unspecified atom stereocenters. The predicted octanol–water partition coefficient (Wildman–Crippen LogP) is 2.11. The molecule has 0 fully saturated rings. The zero-order valence-corrected chi connectivity index (χ0v) is 11.4. The van der Waals surface area contributed by atoms with Gasteiger partial charge < -0.3 is 11.1 Å². The van der Waals surface area contributed by atoms with E-state index < -0.39 is 0 Å². The summed E-state index contributed by atoms with van der Waals surface area (Å²) in [6.45, 7) is 3.29. The van der Waals surface area contributed by atoms with Gasteiger partial charge in [-0.15, -0.1) is 5.10 Å². The maximum Gasteiger partial charge on any atom is 0.153 e. The predicted molar refractivity (Wildman–Crippen MR) is 79.4 cm³/mol. The Morgan fingerprint density at radius 1 is 1.20 bits per heavy atom. The molecule has 2 heterocycles. The Bertz CT molecular complexity index is 732. The zero-order chi connectivity index (χ0) is 13.9. The van der Waals surface area contributed by atoms with Crippen LogP contribution in [0.5, 0.6) is 0 Å². The highest BCUT2D eigenvalue weighted by atomic mass is 15.3.